The third kappa shape index (κ3) is 2.74. The van der Waals surface area contributed by atoms with Crippen molar-refractivity contribution in [2.75, 3.05) is 7.11 Å². The number of aliphatic hydroxyl groups is 2. The van der Waals surface area contributed by atoms with Crippen LogP contribution in [-0.2, 0) is 6.42 Å². The zero-order chi connectivity index (χ0) is 14.0. The van der Waals surface area contributed by atoms with Gasteiger partial charge in [-0.3, -0.25) is 4.98 Å². The van der Waals surface area contributed by atoms with Gasteiger partial charge in [0.2, 0.25) is 0 Å². The van der Waals surface area contributed by atoms with Gasteiger partial charge >= 0.3 is 0 Å². The molecule has 4 heteroatoms. The van der Waals surface area contributed by atoms with Crippen LogP contribution < -0.4 is 4.74 Å². The molecular formula is C15H23NO3. The molecule has 4 nitrogen and oxygen atoms in total. The molecule has 0 saturated heterocycles. The van der Waals surface area contributed by atoms with E-state index < -0.39 is 11.7 Å². The van der Waals surface area contributed by atoms with Crippen molar-refractivity contribution in [1.29, 1.82) is 0 Å². The van der Waals surface area contributed by atoms with E-state index >= 15 is 0 Å². The second-order valence-electron chi connectivity index (χ2n) is 5.58. The largest absolute Gasteiger partial charge is 0.496 e. The molecule has 0 amide bonds. The number of nitrogens with zero attached hydrogens (tertiary/aromatic N) is 1. The van der Waals surface area contributed by atoms with Crippen LogP contribution in [0.25, 0.3) is 0 Å². The summed E-state index contributed by atoms with van der Waals surface area (Å²) in [5, 5.41) is 20.7. The summed E-state index contributed by atoms with van der Waals surface area (Å²) >= 11 is 0. The highest BCUT2D eigenvalue weighted by Gasteiger charge is 2.38. The Bertz CT molecular complexity index is 453. The van der Waals surface area contributed by atoms with E-state index in [2.05, 4.69) is 4.98 Å². The van der Waals surface area contributed by atoms with Gasteiger partial charge in [-0.15, -0.1) is 0 Å². The number of aliphatic hydroxyl groups excluding tert-OH is 1. The Balaban J connectivity index is 2.19. The predicted molar refractivity (Wildman–Crippen MR) is 73.4 cm³/mol. The smallest absolute Gasteiger partial charge is 0.128 e. The maximum Gasteiger partial charge on any atom is 0.128 e. The quantitative estimate of drug-likeness (QED) is 0.873. The zero-order valence-electron chi connectivity index (χ0n) is 11.9. The van der Waals surface area contributed by atoms with Gasteiger partial charge < -0.3 is 14.9 Å². The van der Waals surface area contributed by atoms with E-state index in [-0.39, 0.29) is 0 Å². The van der Waals surface area contributed by atoms with Gasteiger partial charge in [-0.2, -0.15) is 0 Å². The molecule has 2 N–H and O–H groups in total. The molecule has 1 atom stereocenters. The molecule has 106 valence electrons. The Kier molecular flexibility index (Phi) is 4.11. The molecule has 0 radical (unpaired) electrons. The minimum Gasteiger partial charge on any atom is -0.496 e. The molecule has 1 fully saturated rings. The Morgan fingerprint density at radius 1 is 1.37 bits per heavy atom. The first-order valence-electron chi connectivity index (χ1n) is 6.87. The molecule has 19 heavy (non-hydrogen) atoms. The van der Waals surface area contributed by atoms with Gasteiger partial charge in [0.25, 0.3) is 0 Å². The van der Waals surface area contributed by atoms with Crippen molar-refractivity contribution in [1.82, 2.24) is 4.98 Å². The highest BCUT2D eigenvalue weighted by Crippen LogP contribution is 2.34. The number of pyridine rings is 1. The minimum atomic E-state index is -0.938. The van der Waals surface area contributed by atoms with Crippen molar-refractivity contribution < 1.29 is 14.9 Å². The molecule has 0 aromatic carbocycles. The number of aryl methyl sites for hydroxylation is 1. The van der Waals surface area contributed by atoms with E-state index in [9.17, 15) is 10.2 Å². The molecule has 0 aliphatic heterocycles. The van der Waals surface area contributed by atoms with E-state index in [4.69, 9.17) is 4.74 Å². The second kappa shape index (κ2) is 5.47. The van der Waals surface area contributed by atoms with Crippen LogP contribution in [0.5, 0.6) is 5.75 Å². The molecule has 0 bridgehead atoms. The number of rotatable bonds is 4. The maximum atomic E-state index is 10.4. The topological polar surface area (TPSA) is 62.6 Å². The van der Waals surface area contributed by atoms with Crippen LogP contribution in [0, 0.1) is 13.8 Å². The van der Waals surface area contributed by atoms with Crippen molar-refractivity contribution in [2.24, 2.45) is 0 Å². The standard InChI is InChI=1S/C15H23NO3/c1-10-9-16-12(11(2)14(10)19-3)8-13(17)15(18)6-4-5-7-15/h9,13,17-18H,4-8H2,1-3H3. The molecule has 1 heterocycles. The third-order valence-corrected chi connectivity index (χ3v) is 4.23. The molecule has 0 spiro atoms. The average Bonchev–Trinajstić information content (AvgIpc) is 2.82. The highest BCUT2D eigenvalue weighted by molar-refractivity contribution is 5.41. The Morgan fingerprint density at radius 3 is 2.58 bits per heavy atom. The van der Waals surface area contributed by atoms with E-state index in [1.54, 1.807) is 13.3 Å². The van der Waals surface area contributed by atoms with Gasteiger partial charge in [-0.25, -0.2) is 0 Å². The Hall–Kier alpha value is -1.13. The predicted octanol–water partition coefficient (Wildman–Crippen LogP) is 1.92. The van der Waals surface area contributed by atoms with Crippen LogP contribution in [-0.4, -0.2) is 34.0 Å². The third-order valence-electron chi connectivity index (χ3n) is 4.23. The lowest BCUT2D eigenvalue weighted by Crippen LogP contribution is -2.41. The van der Waals surface area contributed by atoms with Gasteiger partial charge in [0.1, 0.15) is 5.75 Å². The summed E-state index contributed by atoms with van der Waals surface area (Å²) in [6.45, 7) is 3.89. The summed E-state index contributed by atoms with van der Waals surface area (Å²) in [5.41, 5.74) is 1.79. The molecule has 1 aromatic rings. The fourth-order valence-electron chi connectivity index (χ4n) is 2.97. The van der Waals surface area contributed by atoms with Gasteiger partial charge in [-0.05, 0) is 26.7 Å². The average molecular weight is 265 g/mol. The summed E-state index contributed by atoms with van der Waals surface area (Å²) in [5.74, 6) is 0.815. The van der Waals surface area contributed by atoms with Crippen LogP contribution in [0.1, 0.15) is 42.5 Å². The first-order valence-corrected chi connectivity index (χ1v) is 6.87. The molecule has 1 aliphatic carbocycles. The molecule has 2 rings (SSSR count). The Labute approximate surface area is 114 Å². The monoisotopic (exact) mass is 265 g/mol. The van der Waals surface area contributed by atoms with Gasteiger partial charge in [0.05, 0.1) is 18.8 Å². The summed E-state index contributed by atoms with van der Waals surface area (Å²) < 4.78 is 5.36. The summed E-state index contributed by atoms with van der Waals surface area (Å²) in [6.07, 6.45) is 4.69. The molecule has 1 aromatic heterocycles. The van der Waals surface area contributed by atoms with Gasteiger partial charge in [0.15, 0.2) is 0 Å². The summed E-state index contributed by atoms with van der Waals surface area (Å²) in [4.78, 5) is 4.38. The minimum absolute atomic E-state index is 0.374. The first kappa shape index (κ1) is 14.3. The van der Waals surface area contributed by atoms with Crippen molar-refractivity contribution >= 4 is 0 Å². The normalized spacial score (nSPS) is 19.4. The second-order valence-corrected chi connectivity index (χ2v) is 5.58. The SMILES string of the molecule is COc1c(C)cnc(CC(O)C2(O)CCCC2)c1C. The van der Waals surface area contributed by atoms with Gasteiger partial charge in [0, 0.05) is 29.4 Å². The Morgan fingerprint density at radius 2 is 2.00 bits per heavy atom. The van der Waals surface area contributed by atoms with Crippen molar-refractivity contribution in [3.63, 3.8) is 0 Å². The van der Waals surface area contributed by atoms with E-state index in [1.165, 1.54) is 0 Å². The zero-order valence-corrected chi connectivity index (χ0v) is 11.9. The van der Waals surface area contributed by atoms with Crippen LogP contribution in [0.3, 0.4) is 0 Å². The molecule has 1 saturated carbocycles. The summed E-state index contributed by atoms with van der Waals surface area (Å²) in [6, 6.07) is 0. The van der Waals surface area contributed by atoms with Crippen LogP contribution in [0.15, 0.2) is 6.20 Å². The lowest BCUT2D eigenvalue weighted by Gasteiger charge is -2.28. The lowest BCUT2D eigenvalue weighted by atomic mass is 9.90. The fourth-order valence-corrected chi connectivity index (χ4v) is 2.97. The van der Waals surface area contributed by atoms with Crippen molar-refractivity contribution in [3.8, 4) is 5.75 Å². The molecule has 1 aliphatic rings. The van der Waals surface area contributed by atoms with Crippen LogP contribution >= 0.6 is 0 Å². The number of aromatic nitrogens is 1. The molecular weight excluding hydrogens is 242 g/mol. The summed E-state index contributed by atoms with van der Waals surface area (Å²) in [7, 11) is 1.64. The maximum absolute atomic E-state index is 10.4. The number of hydrogen-bond acceptors (Lipinski definition) is 4. The van der Waals surface area contributed by atoms with E-state index in [0.29, 0.717) is 19.3 Å². The van der Waals surface area contributed by atoms with E-state index in [1.807, 2.05) is 13.8 Å². The van der Waals surface area contributed by atoms with Crippen molar-refractivity contribution in [3.05, 3.63) is 23.0 Å². The number of ether oxygens (including phenoxy) is 1. The lowest BCUT2D eigenvalue weighted by molar-refractivity contribution is -0.0693. The highest BCUT2D eigenvalue weighted by atomic mass is 16.5. The first-order chi connectivity index (χ1) is 8.98. The van der Waals surface area contributed by atoms with E-state index in [0.717, 1.165) is 35.4 Å². The van der Waals surface area contributed by atoms with Crippen molar-refractivity contribution in [2.45, 2.75) is 57.7 Å². The fraction of sp³-hybridized carbons (Fsp3) is 0.667. The van der Waals surface area contributed by atoms with Gasteiger partial charge in [-0.1, -0.05) is 12.8 Å². The van der Waals surface area contributed by atoms with Crippen LogP contribution in [0.2, 0.25) is 0 Å². The number of hydrogen-bond donors (Lipinski definition) is 2. The molecule has 1 unspecified atom stereocenters. The number of methoxy groups -OCH3 is 1. The van der Waals surface area contributed by atoms with Crippen LogP contribution in [0.4, 0.5) is 0 Å².